The van der Waals surface area contributed by atoms with Crippen molar-refractivity contribution in [3.8, 4) is 0 Å². The van der Waals surface area contributed by atoms with E-state index >= 15 is 0 Å². The van der Waals surface area contributed by atoms with Crippen LogP contribution in [0.25, 0.3) is 10.8 Å². The van der Waals surface area contributed by atoms with E-state index in [4.69, 9.17) is 0 Å². The van der Waals surface area contributed by atoms with Crippen LogP contribution in [0.2, 0.25) is 0 Å². The first-order chi connectivity index (χ1) is 14.4. The molecule has 30 heavy (non-hydrogen) atoms. The van der Waals surface area contributed by atoms with Crippen LogP contribution in [0.3, 0.4) is 0 Å². The molecule has 1 saturated heterocycles. The van der Waals surface area contributed by atoms with Crippen LogP contribution in [0.1, 0.15) is 63.4 Å². The van der Waals surface area contributed by atoms with Gasteiger partial charge in [-0.1, -0.05) is 25.1 Å². The Labute approximate surface area is 176 Å². The number of amides is 2. The van der Waals surface area contributed by atoms with E-state index < -0.39 is 5.91 Å². The van der Waals surface area contributed by atoms with E-state index in [1.54, 1.807) is 24.3 Å². The molecule has 1 unspecified atom stereocenters. The Balaban J connectivity index is 1.66. The van der Waals surface area contributed by atoms with E-state index in [1.807, 2.05) is 6.92 Å². The summed E-state index contributed by atoms with van der Waals surface area (Å²) in [6.07, 6.45) is 4.68. The van der Waals surface area contributed by atoms with E-state index in [0.29, 0.717) is 35.8 Å². The van der Waals surface area contributed by atoms with E-state index in [9.17, 15) is 14.4 Å². The van der Waals surface area contributed by atoms with Crippen molar-refractivity contribution in [3.63, 3.8) is 0 Å². The largest absolute Gasteiger partial charge is 0.330 e. The average Bonchev–Trinajstić information content (AvgIpc) is 2.74. The highest BCUT2D eigenvalue weighted by Crippen LogP contribution is 2.13. The lowest BCUT2D eigenvalue weighted by molar-refractivity contribution is -0.950. The van der Waals surface area contributed by atoms with Crippen molar-refractivity contribution in [2.45, 2.75) is 71.5 Å². The summed E-state index contributed by atoms with van der Waals surface area (Å²) in [5.74, 6) is -0.761. The second-order valence-corrected chi connectivity index (χ2v) is 8.23. The van der Waals surface area contributed by atoms with Gasteiger partial charge < -0.3 is 4.90 Å². The second-order valence-electron chi connectivity index (χ2n) is 8.23. The zero-order valence-corrected chi connectivity index (χ0v) is 18.0. The van der Waals surface area contributed by atoms with Crippen molar-refractivity contribution >= 4 is 22.6 Å². The standard InChI is InChI=1S/C22H31N5O3/c1-4-13-27-22(30)18-11-6-5-10-17(18)20(25-27)21(29)24-23-19(28)12-14-26-15(2)8-7-9-16(26)3/h5-6,10-11,15-16H,4,7-9,12-14H2,1-3H3,(H,23,28)(H,24,29)/p+1/t15-,16+. The number of aryl methyl sites for hydroxylation is 1. The lowest BCUT2D eigenvalue weighted by Gasteiger charge is -2.35. The number of fused-ring (bicyclic) bond motifs is 1. The minimum absolute atomic E-state index is 0.128. The average molecular weight is 415 g/mol. The summed E-state index contributed by atoms with van der Waals surface area (Å²) >= 11 is 0. The number of aromatic nitrogens is 2. The van der Waals surface area contributed by atoms with Crippen molar-refractivity contribution in [1.82, 2.24) is 20.6 Å². The quantitative estimate of drug-likeness (QED) is 0.609. The first-order valence-electron chi connectivity index (χ1n) is 10.9. The molecule has 3 N–H and O–H groups in total. The summed E-state index contributed by atoms with van der Waals surface area (Å²) in [7, 11) is 0. The summed E-state index contributed by atoms with van der Waals surface area (Å²) in [6.45, 7) is 7.56. The Bertz CT molecular complexity index is 961. The van der Waals surface area contributed by atoms with Crippen molar-refractivity contribution in [2.75, 3.05) is 6.54 Å². The number of piperidine rings is 1. The molecule has 2 amide bonds. The van der Waals surface area contributed by atoms with Crippen LogP contribution in [-0.2, 0) is 11.3 Å². The number of hydrogen-bond acceptors (Lipinski definition) is 4. The molecule has 1 aromatic carbocycles. The first kappa shape index (κ1) is 22.0. The number of hydrazine groups is 1. The highest BCUT2D eigenvalue weighted by atomic mass is 16.2. The third-order valence-electron chi connectivity index (χ3n) is 6.01. The molecule has 3 rings (SSSR count). The van der Waals surface area contributed by atoms with E-state index in [-0.39, 0.29) is 17.2 Å². The van der Waals surface area contributed by atoms with Gasteiger partial charge in [0, 0.05) is 11.9 Å². The van der Waals surface area contributed by atoms with E-state index in [1.165, 1.54) is 28.8 Å². The van der Waals surface area contributed by atoms with Crippen molar-refractivity contribution in [3.05, 3.63) is 40.3 Å². The highest BCUT2D eigenvalue weighted by Gasteiger charge is 2.28. The highest BCUT2D eigenvalue weighted by molar-refractivity contribution is 6.05. The SMILES string of the molecule is CCCn1nc(C(=O)NNC(=O)CC[NH+]2[C@H](C)CCC[C@@H]2C)c2ccccc2c1=O. The van der Waals surface area contributed by atoms with Gasteiger partial charge in [0.2, 0.25) is 5.91 Å². The number of quaternary nitrogens is 1. The summed E-state index contributed by atoms with van der Waals surface area (Å²) in [4.78, 5) is 39.0. The van der Waals surface area contributed by atoms with E-state index in [2.05, 4.69) is 29.8 Å². The van der Waals surface area contributed by atoms with Crippen LogP contribution >= 0.6 is 0 Å². The molecule has 0 spiro atoms. The topological polar surface area (TPSA) is 97.5 Å². The fraction of sp³-hybridized carbons (Fsp3) is 0.545. The maximum Gasteiger partial charge on any atom is 0.290 e. The molecule has 1 fully saturated rings. The van der Waals surface area contributed by atoms with Crippen molar-refractivity contribution in [1.29, 1.82) is 0 Å². The fourth-order valence-corrected chi connectivity index (χ4v) is 4.35. The molecule has 0 aliphatic carbocycles. The maximum absolute atomic E-state index is 12.7. The van der Waals surface area contributed by atoms with Gasteiger partial charge in [0.1, 0.15) is 0 Å². The van der Waals surface area contributed by atoms with Crippen molar-refractivity contribution < 1.29 is 14.5 Å². The maximum atomic E-state index is 12.7. The third kappa shape index (κ3) is 4.87. The molecule has 8 nitrogen and oxygen atoms in total. The molecular formula is C22H32N5O3+. The van der Waals surface area contributed by atoms with E-state index in [0.717, 1.165) is 13.0 Å². The van der Waals surface area contributed by atoms with Crippen LogP contribution in [0.5, 0.6) is 0 Å². The number of carbonyl (C=O) groups is 2. The third-order valence-corrected chi connectivity index (χ3v) is 6.01. The molecule has 2 aromatic rings. The molecule has 0 saturated carbocycles. The molecule has 1 aliphatic heterocycles. The normalized spacial score (nSPS) is 21.4. The molecule has 0 radical (unpaired) electrons. The first-order valence-corrected chi connectivity index (χ1v) is 10.9. The number of rotatable bonds is 6. The number of benzene rings is 1. The van der Waals surface area contributed by atoms with Gasteiger partial charge >= 0.3 is 0 Å². The van der Waals surface area contributed by atoms with Gasteiger partial charge in [0.05, 0.1) is 30.4 Å². The van der Waals surface area contributed by atoms with Gasteiger partial charge in [-0.3, -0.25) is 25.2 Å². The van der Waals surface area contributed by atoms with Crippen LogP contribution in [-0.4, -0.2) is 40.2 Å². The lowest BCUT2D eigenvalue weighted by atomic mass is 9.97. The van der Waals surface area contributed by atoms with Crippen LogP contribution in [0, 0.1) is 0 Å². The molecule has 1 aliphatic rings. The Morgan fingerprint density at radius 1 is 1.13 bits per heavy atom. The smallest absolute Gasteiger partial charge is 0.290 e. The van der Waals surface area contributed by atoms with Crippen LogP contribution in [0.4, 0.5) is 0 Å². The van der Waals surface area contributed by atoms with Gasteiger partial charge in [-0.15, -0.1) is 0 Å². The monoisotopic (exact) mass is 414 g/mol. The molecule has 3 atom stereocenters. The van der Waals surface area contributed by atoms with Gasteiger partial charge in [0.25, 0.3) is 11.5 Å². The molecule has 8 heteroatoms. The number of likely N-dealkylation sites (tertiary alicyclic amines) is 1. The molecule has 1 aromatic heterocycles. The van der Waals surface area contributed by atoms with Crippen LogP contribution < -0.4 is 21.3 Å². The second kappa shape index (κ2) is 9.84. The minimum atomic E-state index is -0.531. The Morgan fingerprint density at radius 2 is 1.80 bits per heavy atom. The Kier molecular flexibility index (Phi) is 7.20. The van der Waals surface area contributed by atoms with Crippen LogP contribution in [0.15, 0.2) is 29.1 Å². The van der Waals surface area contributed by atoms with Gasteiger partial charge in [0.15, 0.2) is 5.69 Å². The summed E-state index contributed by atoms with van der Waals surface area (Å²) in [5, 5.41) is 5.16. The molecule has 162 valence electrons. The zero-order valence-electron chi connectivity index (χ0n) is 18.0. The molecule has 0 bridgehead atoms. The predicted octanol–water partition coefficient (Wildman–Crippen LogP) is 0.803. The summed E-state index contributed by atoms with van der Waals surface area (Å²) in [6, 6.07) is 7.99. The summed E-state index contributed by atoms with van der Waals surface area (Å²) in [5.41, 5.74) is 4.87. The lowest BCUT2D eigenvalue weighted by Crippen LogP contribution is -3.19. The van der Waals surface area contributed by atoms with Crippen molar-refractivity contribution in [2.24, 2.45) is 0 Å². The number of hydrogen-bond donors (Lipinski definition) is 3. The number of carbonyl (C=O) groups excluding carboxylic acids is 2. The number of nitrogens with one attached hydrogen (secondary N) is 3. The Hall–Kier alpha value is -2.74. The predicted molar refractivity (Wildman–Crippen MR) is 115 cm³/mol. The molecular weight excluding hydrogens is 382 g/mol. The molecule has 2 heterocycles. The van der Waals surface area contributed by atoms with Gasteiger partial charge in [-0.25, -0.2) is 4.68 Å². The zero-order chi connectivity index (χ0) is 21.7. The minimum Gasteiger partial charge on any atom is -0.330 e. The fourth-order valence-electron chi connectivity index (χ4n) is 4.35. The summed E-state index contributed by atoms with van der Waals surface area (Å²) < 4.78 is 1.31. The van der Waals surface area contributed by atoms with Gasteiger partial charge in [-0.05, 0) is 45.6 Å². The van der Waals surface area contributed by atoms with Gasteiger partial charge in [-0.2, -0.15) is 5.10 Å². The Morgan fingerprint density at radius 3 is 2.47 bits per heavy atom. The number of nitrogens with zero attached hydrogens (tertiary/aromatic N) is 2.